The number of hydrogen-bond acceptors (Lipinski definition) is 7. The zero-order valence-electron chi connectivity index (χ0n) is 17.7. The molecule has 3 N–H and O–H groups in total. The van der Waals surface area contributed by atoms with Gasteiger partial charge in [-0.2, -0.15) is 0 Å². The molecule has 10 heteroatoms. The van der Waals surface area contributed by atoms with Crippen LogP contribution >= 0.6 is 12.2 Å². The Bertz CT molecular complexity index is 925. The van der Waals surface area contributed by atoms with Gasteiger partial charge in [0.25, 0.3) is 11.8 Å². The normalized spacial score (nSPS) is 9.94. The van der Waals surface area contributed by atoms with E-state index in [2.05, 4.69) is 16.2 Å². The van der Waals surface area contributed by atoms with Crippen molar-refractivity contribution in [2.24, 2.45) is 0 Å². The first-order valence-electron chi connectivity index (χ1n) is 9.38. The number of benzene rings is 2. The van der Waals surface area contributed by atoms with Crippen LogP contribution in [0.15, 0.2) is 36.4 Å². The number of hydrogen-bond donors (Lipinski definition) is 3. The van der Waals surface area contributed by atoms with Crippen LogP contribution < -0.4 is 35.1 Å². The molecule has 0 aromatic heterocycles. The number of thiocarbonyl (C=S) groups is 1. The van der Waals surface area contributed by atoms with E-state index in [1.807, 2.05) is 6.92 Å². The molecule has 0 atom stereocenters. The van der Waals surface area contributed by atoms with Gasteiger partial charge in [0, 0.05) is 5.56 Å². The summed E-state index contributed by atoms with van der Waals surface area (Å²) in [5, 5.41) is 2.41. The van der Waals surface area contributed by atoms with Crippen molar-refractivity contribution in [1.29, 1.82) is 0 Å². The Morgan fingerprint density at radius 1 is 0.903 bits per heavy atom. The fraction of sp³-hybridized carbons (Fsp3) is 0.286. The summed E-state index contributed by atoms with van der Waals surface area (Å²) in [6.07, 6.45) is 0.808. The van der Waals surface area contributed by atoms with Crippen molar-refractivity contribution < 1.29 is 28.5 Å². The first-order chi connectivity index (χ1) is 14.9. The molecule has 0 unspecified atom stereocenters. The predicted molar refractivity (Wildman–Crippen MR) is 119 cm³/mol. The summed E-state index contributed by atoms with van der Waals surface area (Å²) in [6.45, 7) is 2.45. The van der Waals surface area contributed by atoms with E-state index in [1.54, 1.807) is 24.3 Å². The minimum absolute atomic E-state index is 0.0870. The van der Waals surface area contributed by atoms with Gasteiger partial charge in [0.2, 0.25) is 5.75 Å². The first-order valence-corrected chi connectivity index (χ1v) is 9.79. The van der Waals surface area contributed by atoms with Crippen molar-refractivity contribution in [3.05, 3.63) is 47.5 Å². The van der Waals surface area contributed by atoms with Crippen molar-refractivity contribution in [2.75, 3.05) is 27.9 Å². The molecule has 0 spiro atoms. The number of methoxy groups -OCH3 is 3. The lowest BCUT2D eigenvalue weighted by Crippen LogP contribution is -2.48. The lowest BCUT2D eigenvalue weighted by atomic mass is 10.1. The molecule has 0 bridgehead atoms. The molecule has 0 heterocycles. The first kappa shape index (κ1) is 23.7. The van der Waals surface area contributed by atoms with Gasteiger partial charge in [0.1, 0.15) is 5.75 Å². The highest BCUT2D eigenvalue weighted by atomic mass is 32.1. The van der Waals surface area contributed by atoms with Gasteiger partial charge in [-0.05, 0) is 42.9 Å². The quantitative estimate of drug-likeness (QED) is 0.419. The van der Waals surface area contributed by atoms with Crippen molar-refractivity contribution >= 4 is 29.1 Å². The van der Waals surface area contributed by atoms with Gasteiger partial charge in [0.15, 0.2) is 16.6 Å². The highest BCUT2D eigenvalue weighted by Gasteiger charge is 2.18. The predicted octanol–water partition coefficient (Wildman–Crippen LogP) is 2.45. The molecular formula is C21H25N3O6S. The standard InChI is InChI=1S/C21H25N3O6S/c1-5-10-30-15-9-7-6-8-14(15)20(26)22-21(31)24-23-19(25)13-11-16(27-2)18(29-4)17(12-13)28-3/h6-9,11-12H,5,10H2,1-4H3,(H,23,25)(H2,22,24,26,31). The molecule has 0 saturated carbocycles. The van der Waals surface area contributed by atoms with Crippen LogP contribution in [0.4, 0.5) is 0 Å². The second-order valence-corrected chi connectivity index (χ2v) is 6.53. The van der Waals surface area contributed by atoms with Gasteiger partial charge in [-0.3, -0.25) is 25.8 Å². The Labute approximate surface area is 186 Å². The van der Waals surface area contributed by atoms with Crippen LogP contribution in [0.25, 0.3) is 0 Å². The van der Waals surface area contributed by atoms with Crippen LogP contribution in [-0.2, 0) is 0 Å². The number of carbonyl (C=O) groups excluding carboxylic acids is 2. The smallest absolute Gasteiger partial charge is 0.269 e. The SMILES string of the molecule is CCCOc1ccccc1C(=O)NC(=S)NNC(=O)c1cc(OC)c(OC)c(OC)c1. The summed E-state index contributed by atoms with van der Waals surface area (Å²) in [5.41, 5.74) is 5.47. The monoisotopic (exact) mass is 447 g/mol. The summed E-state index contributed by atoms with van der Waals surface area (Å²) in [7, 11) is 4.36. The molecule has 0 fully saturated rings. The topological polar surface area (TPSA) is 107 Å². The maximum absolute atomic E-state index is 12.5. The molecule has 0 aliphatic heterocycles. The van der Waals surface area contributed by atoms with Crippen molar-refractivity contribution in [2.45, 2.75) is 13.3 Å². The van der Waals surface area contributed by atoms with E-state index in [4.69, 9.17) is 31.2 Å². The molecule has 0 saturated heterocycles. The molecule has 2 aromatic rings. The van der Waals surface area contributed by atoms with Crippen LogP contribution in [-0.4, -0.2) is 44.9 Å². The molecule has 0 aliphatic carbocycles. The fourth-order valence-electron chi connectivity index (χ4n) is 2.59. The molecule has 2 rings (SSSR count). The van der Waals surface area contributed by atoms with E-state index in [0.717, 1.165) is 6.42 Å². The molecule has 0 aliphatic rings. The Kier molecular flexibility index (Phi) is 8.89. The number of carbonyl (C=O) groups is 2. The number of rotatable bonds is 8. The minimum atomic E-state index is -0.525. The summed E-state index contributed by atoms with van der Waals surface area (Å²) < 4.78 is 21.3. The molecule has 2 aromatic carbocycles. The molecule has 166 valence electrons. The zero-order chi connectivity index (χ0) is 22.8. The number of para-hydroxylation sites is 1. The van der Waals surface area contributed by atoms with Crippen molar-refractivity contribution in [3.8, 4) is 23.0 Å². The second-order valence-electron chi connectivity index (χ2n) is 6.12. The molecule has 2 amide bonds. The van der Waals surface area contributed by atoms with E-state index in [-0.39, 0.29) is 10.7 Å². The van der Waals surface area contributed by atoms with E-state index in [1.165, 1.54) is 33.5 Å². The number of hydrazine groups is 1. The Morgan fingerprint density at radius 2 is 1.55 bits per heavy atom. The summed E-state index contributed by atoms with van der Waals surface area (Å²) >= 11 is 5.10. The van der Waals surface area contributed by atoms with E-state index < -0.39 is 11.8 Å². The highest BCUT2D eigenvalue weighted by Crippen LogP contribution is 2.38. The van der Waals surface area contributed by atoms with Crippen LogP contribution in [0.1, 0.15) is 34.1 Å². The van der Waals surface area contributed by atoms with Crippen LogP contribution in [0.3, 0.4) is 0 Å². The number of amides is 2. The summed E-state index contributed by atoms with van der Waals surface area (Å²) in [5.74, 6) is 0.472. The third kappa shape index (κ3) is 6.22. The van der Waals surface area contributed by atoms with Crippen molar-refractivity contribution in [1.82, 2.24) is 16.2 Å². The van der Waals surface area contributed by atoms with Gasteiger partial charge < -0.3 is 18.9 Å². The highest BCUT2D eigenvalue weighted by molar-refractivity contribution is 7.80. The average Bonchev–Trinajstić information content (AvgIpc) is 2.80. The van der Waals surface area contributed by atoms with Crippen molar-refractivity contribution in [3.63, 3.8) is 0 Å². The van der Waals surface area contributed by atoms with Gasteiger partial charge in [-0.1, -0.05) is 19.1 Å². The van der Waals surface area contributed by atoms with Gasteiger partial charge in [0.05, 0.1) is 33.5 Å². The van der Waals surface area contributed by atoms with Gasteiger partial charge in [-0.15, -0.1) is 0 Å². The van der Waals surface area contributed by atoms with Crippen LogP contribution in [0.5, 0.6) is 23.0 Å². The number of ether oxygens (including phenoxy) is 4. The largest absolute Gasteiger partial charge is 0.493 e. The van der Waals surface area contributed by atoms with Crippen LogP contribution in [0.2, 0.25) is 0 Å². The number of nitrogens with one attached hydrogen (secondary N) is 3. The molecular weight excluding hydrogens is 422 g/mol. The lowest BCUT2D eigenvalue weighted by Gasteiger charge is -2.15. The maximum Gasteiger partial charge on any atom is 0.269 e. The third-order valence-corrected chi connectivity index (χ3v) is 4.24. The maximum atomic E-state index is 12.5. The second kappa shape index (κ2) is 11.6. The van der Waals surface area contributed by atoms with E-state index in [9.17, 15) is 9.59 Å². The molecule has 9 nitrogen and oxygen atoms in total. The zero-order valence-corrected chi connectivity index (χ0v) is 18.6. The Balaban J connectivity index is 2.02. The molecule has 0 radical (unpaired) electrons. The Morgan fingerprint density at radius 3 is 2.13 bits per heavy atom. The fourth-order valence-corrected chi connectivity index (χ4v) is 2.74. The van der Waals surface area contributed by atoms with E-state index >= 15 is 0 Å². The summed E-state index contributed by atoms with van der Waals surface area (Å²) in [4.78, 5) is 25.0. The average molecular weight is 448 g/mol. The minimum Gasteiger partial charge on any atom is -0.493 e. The van der Waals surface area contributed by atoms with E-state index in [0.29, 0.717) is 35.2 Å². The van der Waals surface area contributed by atoms with Crippen LogP contribution in [0, 0.1) is 0 Å². The lowest BCUT2D eigenvalue weighted by molar-refractivity contribution is 0.0933. The summed E-state index contributed by atoms with van der Waals surface area (Å²) in [6, 6.07) is 9.79. The Hall–Kier alpha value is -3.53. The third-order valence-electron chi connectivity index (χ3n) is 4.04. The van der Waals surface area contributed by atoms with Gasteiger partial charge >= 0.3 is 0 Å². The molecule has 31 heavy (non-hydrogen) atoms. The van der Waals surface area contributed by atoms with Gasteiger partial charge in [-0.25, -0.2) is 0 Å².